The molecule has 0 radical (unpaired) electrons. The Bertz CT molecular complexity index is 692. The number of benzene rings is 1. The summed E-state index contributed by atoms with van der Waals surface area (Å²) < 4.78 is 5.81. The number of hydrogen-bond donors (Lipinski definition) is 2. The summed E-state index contributed by atoms with van der Waals surface area (Å²) in [5.41, 5.74) is 2.09. The van der Waals surface area contributed by atoms with Crippen molar-refractivity contribution in [2.75, 3.05) is 5.43 Å². The van der Waals surface area contributed by atoms with E-state index in [1.165, 1.54) is 6.33 Å². The minimum absolute atomic E-state index is 0.0260. The van der Waals surface area contributed by atoms with Crippen molar-refractivity contribution in [3.63, 3.8) is 0 Å². The number of halogens is 3. The van der Waals surface area contributed by atoms with Crippen molar-refractivity contribution in [3.8, 4) is 11.6 Å². The fourth-order valence-electron chi connectivity index (χ4n) is 1.37. The van der Waals surface area contributed by atoms with Gasteiger partial charge in [0.05, 0.1) is 15.0 Å². The van der Waals surface area contributed by atoms with E-state index in [4.69, 9.17) is 33.8 Å². The summed E-state index contributed by atoms with van der Waals surface area (Å²) in [4.78, 5) is 17.8. The molecule has 0 spiro atoms. The van der Waals surface area contributed by atoms with Crippen molar-refractivity contribution in [1.82, 2.24) is 9.97 Å². The van der Waals surface area contributed by atoms with Crippen LogP contribution in [0.2, 0.25) is 10.0 Å². The Labute approximate surface area is 136 Å². The molecule has 0 atom stereocenters. The first kappa shape index (κ1) is 15.7. The van der Waals surface area contributed by atoms with Gasteiger partial charge < -0.3 is 10.2 Å². The zero-order valence-electron chi connectivity index (χ0n) is 10.0. The number of hydrazine groups is 1. The number of nitrogen functional groups attached to an aromatic ring is 1. The summed E-state index contributed by atoms with van der Waals surface area (Å²) >= 11 is 15.1. The summed E-state index contributed by atoms with van der Waals surface area (Å²) in [6.45, 7) is 0. The molecule has 21 heavy (non-hydrogen) atoms. The van der Waals surface area contributed by atoms with Crippen LogP contribution in [0, 0.1) is 10.1 Å². The molecule has 8 nitrogen and oxygen atoms in total. The molecule has 3 N–H and O–H groups in total. The van der Waals surface area contributed by atoms with E-state index in [0.29, 0.717) is 4.47 Å². The van der Waals surface area contributed by atoms with Crippen molar-refractivity contribution in [3.05, 3.63) is 43.1 Å². The van der Waals surface area contributed by atoms with Crippen LogP contribution in [0.4, 0.5) is 11.5 Å². The lowest BCUT2D eigenvalue weighted by molar-refractivity contribution is -0.384. The number of rotatable bonds is 4. The van der Waals surface area contributed by atoms with Crippen LogP contribution in [0.1, 0.15) is 0 Å². The van der Waals surface area contributed by atoms with E-state index in [-0.39, 0.29) is 33.2 Å². The molecule has 0 aliphatic heterocycles. The highest BCUT2D eigenvalue weighted by atomic mass is 79.9. The molecule has 0 fully saturated rings. The van der Waals surface area contributed by atoms with Crippen LogP contribution in [-0.4, -0.2) is 14.9 Å². The van der Waals surface area contributed by atoms with Gasteiger partial charge in [-0.15, -0.1) is 0 Å². The molecule has 1 aromatic heterocycles. The van der Waals surface area contributed by atoms with E-state index in [1.807, 2.05) is 0 Å². The van der Waals surface area contributed by atoms with Gasteiger partial charge in [0.1, 0.15) is 10.8 Å². The Hall–Kier alpha value is -1.68. The molecular formula is C10H6BrCl2N5O3. The summed E-state index contributed by atoms with van der Waals surface area (Å²) in [6, 6.07) is 2.25. The molecule has 1 aromatic carbocycles. The van der Waals surface area contributed by atoms with Crippen molar-refractivity contribution < 1.29 is 9.66 Å². The molecule has 0 amide bonds. The van der Waals surface area contributed by atoms with Crippen LogP contribution in [0.5, 0.6) is 11.6 Å². The highest BCUT2D eigenvalue weighted by molar-refractivity contribution is 9.10. The maximum absolute atomic E-state index is 10.7. The van der Waals surface area contributed by atoms with E-state index >= 15 is 0 Å². The zero-order valence-corrected chi connectivity index (χ0v) is 13.1. The van der Waals surface area contributed by atoms with Crippen LogP contribution < -0.4 is 16.0 Å². The minimum Gasteiger partial charge on any atom is -0.435 e. The second-order valence-corrected chi connectivity index (χ2v) is 5.19. The third kappa shape index (κ3) is 3.32. The number of nitrogens with zero attached hydrogens (tertiary/aromatic N) is 3. The number of non-ortho nitro benzene ring substituents is 1. The predicted molar refractivity (Wildman–Crippen MR) is 80.7 cm³/mol. The summed E-state index contributed by atoms with van der Waals surface area (Å²) in [5.74, 6) is 5.69. The lowest BCUT2D eigenvalue weighted by atomic mass is 10.3. The van der Waals surface area contributed by atoms with E-state index in [2.05, 4.69) is 31.3 Å². The van der Waals surface area contributed by atoms with Gasteiger partial charge >= 0.3 is 0 Å². The Morgan fingerprint density at radius 3 is 2.48 bits per heavy atom. The van der Waals surface area contributed by atoms with Gasteiger partial charge in [-0.3, -0.25) is 10.1 Å². The summed E-state index contributed by atoms with van der Waals surface area (Å²) in [5, 5.41) is 10.7. The number of nitrogens with one attached hydrogen (secondary N) is 1. The third-order valence-electron chi connectivity index (χ3n) is 2.29. The molecule has 110 valence electrons. The van der Waals surface area contributed by atoms with Crippen molar-refractivity contribution >= 4 is 50.6 Å². The smallest absolute Gasteiger partial charge is 0.272 e. The van der Waals surface area contributed by atoms with Gasteiger partial charge in [-0.25, -0.2) is 15.8 Å². The molecule has 1 heterocycles. The zero-order chi connectivity index (χ0) is 15.6. The van der Waals surface area contributed by atoms with Gasteiger partial charge in [0.15, 0.2) is 11.6 Å². The molecule has 0 aliphatic rings. The van der Waals surface area contributed by atoms with Gasteiger partial charge in [0.25, 0.3) is 5.69 Å². The maximum atomic E-state index is 10.7. The van der Waals surface area contributed by atoms with E-state index in [0.717, 1.165) is 12.1 Å². The quantitative estimate of drug-likeness (QED) is 0.462. The SMILES string of the molecule is NNc1ncnc(Oc2c(Cl)cc([N+](=O)[O-])cc2Cl)c1Br. The molecule has 0 saturated carbocycles. The number of anilines is 1. The number of ether oxygens (including phenoxy) is 1. The highest BCUT2D eigenvalue weighted by Gasteiger charge is 2.18. The van der Waals surface area contributed by atoms with Crippen LogP contribution in [0.15, 0.2) is 22.9 Å². The lowest BCUT2D eigenvalue weighted by Gasteiger charge is -2.11. The van der Waals surface area contributed by atoms with Crippen LogP contribution in [0.25, 0.3) is 0 Å². The average molecular weight is 395 g/mol. The van der Waals surface area contributed by atoms with Crippen molar-refractivity contribution in [1.29, 1.82) is 0 Å². The van der Waals surface area contributed by atoms with Crippen LogP contribution in [0.3, 0.4) is 0 Å². The lowest BCUT2D eigenvalue weighted by Crippen LogP contribution is -2.10. The Morgan fingerprint density at radius 1 is 1.33 bits per heavy atom. The summed E-state index contributed by atoms with van der Waals surface area (Å²) in [6.07, 6.45) is 1.21. The maximum Gasteiger partial charge on any atom is 0.272 e. The largest absolute Gasteiger partial charge is 0.435 e. The number of nitro benzene ring substituents is 1. The standard InChI is InChI=1S/C10H6BrCl2N5O3/c11-7-9(17-14)15-3-16-10(7)21-8-5(12)1-4(18(19)20)2-6(8)13/h1-3H,14H2,(H,15,16,17). The van der Waals surface area contributed by atoms with E-state index < -0.39 is 4.92 Å². The number of nitrogens with two attached hydrogens (primary N) is 1. The molecular weight excluding hydrogens is 389 g/mol. The molecule has 0 bridgehead atoms. The molecule has 0 saturated heterocycles. The fraction of sp³-hybridized carbons (Fsp3) is 0. The molecule has 2 aromatic rings. The second-order valence-electron chi connectivity index (χ2n) is 3.58. The van der Waals surface area contributed by atoms with Crippen LogP contribution in [-0.2, 0) is 0 Å². The van der Waals surface area contributed by atoms with Gasteiger partial charge in [0.2, 0.25) is 5.88 Å². The van der Waals surface area contributed by atoms with Gasteiger partial charge in [0, 0.05) is 12.1 Å². The van der Waals surface area contributed by atoms with Crippen LogP contribution >= 0.6 is 39.1 Å². The highest BCUT2D eigenvalue weighted by Crippen LogP contribution is 2.41. The topological polar surface area (TPSA) is 116 Å². The second kappa shape index (κ2) is 6.39. The Balaban J connectivity index is 2.43. The minimum atomic E-state index is -0.613. The Kier molecular flexibility index (Phi) is 4.78. The first-order chi connectivity index (χ1) is 9.93. The molecule has 2 rings (SSSR count). The van der Waals surface area contributed by atoms with Crippen molar-refractivity contribution in [2.45, 2.75) is 0 Å². The number of aromatic nitrogens is 2. The number of nitro groups is 1. The summed E-state index contributed by atoms with van der Waals surface area (Å²) in [7, 11) is 0. The van der Waals surface area contributed by atoms with E-state index in [9.17, 15) is 10.1 Å². The van der Waals surface area contributed by atoms with Gasteiger partial charge in [-0.2, -0.15) is 0 Å². The normalized spacial score (nSPS) is 10.3. The molecule has 0 unspecified atom stereocenters. The average Bonchev–Trinajstić information content (AvgIpc) is 2.44. The van der Waals surface area contributed by atoms with Gasteiger partial charge in [-0.05, 0) is 15.9 Å². The predicted octanol–water partition coefficient (Wildman–Crippen LogP) is 3.53. The van der Waals surface area contributed by atoms with E-state index in [1.54, 1.807) is 0 Å². The molecule has 11 heteroatoms. The molecule has 0 aliphatic carbocycles. The van der Waals surface area contributed by atoms with Gasteiger partial charge in [-0.1, -0.05) is 23.2 Å². The third-order valence-corrected chi connectivity index (χ3v) is 3.56. The monoisotopic (exact) mass is 393 g/mol. The fourth-order valence-corrected chi connectivity index (χ4v) is 2.32. The number of hydrogen-bond acceptors (Lipinski definition) is 7. The first-order valence-corrected chi connectivity index (χ1v) is 6.77. The first-order valence-electron chi connectivity index (χ1n) is 5.22. The Morgan fingerprint density at radius 2 is 1.95 bits per heavy atom. The van der Waals surface area contributed by atoms with Crippen molar-refractivity contribution in [2.24, 2.45) is 5.84 Å².